The van der Waals surface area contributed by atoms with Gasteiger partial charge in [-0.3, -0.25) is 5.43 Å². The Morgan fingerprint density at radius 2 is 2.00 bits per heavy atom. The summed E-state index contributed by atoms with van der Waals surface area (Å²) in [7, 11) is 0. The quantitative estimate of drug-likeness (QED) is 0.615. The van der Waals surface area contributed by atoms with Crippen molar-refractivity contribution in [3.63, 3.8) is 0 Å². The Kier molecular flexibility index (Phi) is 5.62. The molecular weight excluding hydrogens is 316 g/mol. The molecule has 2 aromatic carbocycles. The van der Waals surface area contributed by atoms with Gasteiger partial charge in [-0.15, -0.1) is 0 Å². The van der Waals surface area contributed by atoms with Crippen LogP contribution in [0.5, 0.6) is 5.75 Å². The van der Waals surface area contributed by atoms with Crippen molar-refractivity contribution in [1.29, 1.82) is 0 Å². The fraction of sp³-hybridized carbons (Fsp3) is 0.188. The van der Waals surface area contributed by atoms with Crippen LogP contribution in [-0.4, -0.2) is 12.8 Å². The van der Waals surface area contributed by atoms with Crippen LogP contribution in [0.3, 0.4) is 0 Å². The third-order valence-corrected chi connectivity index (χ3v) is 3.10. The molecule has 1 N–H and O–H groups in total. The Morgan fingerprint density at radius 3 is 2.75 bits per heavy atom. The normalized spacial score (nSPS) is 10.7. The smallest absolute Gasteiger partial charge is 0.129 e. The van der Waals surface area contributed by atoms with Gasteiger partial charge in [0.2, 0.25) is 0 Å². The van der Waals surface area contributed by atoms with Crippen LogP contribution in [0.1, 0.15) is 18.9 Å². The monoisotopic (exact) mass is 332 g/mol. The molecule has 2 rings (SSSR count). The van der Waals surface area contributed by atoms with Gasteiger partial charge in [0.15, 0.2) is 0 Å². The molecule has 20 heavy (non-hydrogen) atoms. The zero-order valence-corrected chi connectivity index (χ0v) is 12.9. The van der Waals surface area contributed by atoms with Gasteiger partial charge in [0.05, 0.1) is 18.5 Å². The molecule has 104 valence electrons. The molecule has 0 unspecified atom stereocenters. The highest BCUT2D eigenvalue weighted by atomic mass is 79.9. The van der Waals surface area contributed by atoms with Crippen LogP contribution in [0.4, 0.5) is 5.69 Å². The maximum Gasteiger partial charge on any atom is 0.129 e. The van der Waals surface area contributed by atoms with Crippen molar-refractivity contribution in [3.8, 4) is 5.75 Å². The summed E-state index contributed by atoms with van der Waals surface area (Å²) in [5.41, 5.74) is 4.90. The first kappa shape index (κ1) is 14.6. The maximum absolute atomic E-state index is 5.72. The molecule has 0 heterocycles. The molecule has 0 aliphatic heterocycles. The van der Waals surface area contributed by atoms with Gasteiger partial charge in [0.1, 0.15) is 5.75 Å². The van der Waals surface area contributed by atoms with E-state index in [4.69, 9.17) is 4.74 Å². The Balaban J connectivity index is 2.08. The highest BCUT2D eigenvalue weighted by Crippen LogP contribution is 2.22. The number of halogens is 1. The third-order valence-electron chi connectivity index (χ3n) is 2.61. The molecule has 0 aliphatic rings. The number of para-hydroxylation sites is 1. The lowest BCUT2D eigenvalue weighted by atomic mass is 10.2. The minimum atomic E-state index is 0.698. The molecule has 2 aromatic rings. The molecule has 0 aliphatic carbocycles. The maximum atomic E-state index is 5.72. The fourth-order valence-corrected chi connectivity index (χ4v) is 1.98. The first-order valence-corrected chi connectivity index (χ1v) is 7.35. The number of benzene rings is 2. The van der Waals surface area contributed by atoms with E-state index in [0.717, 1.165) is 27.9 Å². The van der Waals surface area contributed by atoms with E-state index in [1.165, 1.54) is 0 Å². The highest BCUT2D eigenvalue weighted by Gasteiger charge is 2.02. The predicted molar refractivity (Wildman–Crippen MR) is 87.6 cm³/mol. The van der Waals surface area contributed by atoms with Gasteiger partial charge in [0.25, 0.3) is 0 Å². The fourth-order valence-electron chi connectivity index (χ4n) is 1.64. The summed E-state index contributed by atoms with van der Waals surface area (Å²) in [5.74, 6) is 0.833. The SMILES string of the molecule is CCCOc1cc(Br)ccc1C=NNc1ccccc1. The Hall–Kier alpha value is -1.81. The minimum absolute atomic E-state index is 0.698. The number of ether oxygens (including phenoxy) is 1. The Labute approximate surface area is 127 Å². The molecule has 0 amide bonds. The number of hydrazone groups is 1. The first-order chi connectivity index (χ1) is 9.79. The molecule has 4 heteroatoms. The Bertz CT molecular complexity index is 570. The molecule has 0 spiro atoms. The van der Waals surface area contributed by atoms with E-state index in [0.29, 0.717) is 6.61 Å². The van der Waals surface area contributed by atoms with Gasteiger partial charge >= 0.3 is 0 Å². The van der Waals surface area contributed by atoms with Crippen molar-refractivity contribution < 1.29 is 4.74 Å². The van der Waals surface area contributed by atoms with Gasteiger partial charge in [-0.1, -0.05) is 41.1 Å². The second-order valence-corrected chi connectivity index (χ2v) is 5.18. The number of rotatable bonds is 6. The van der Waals surface area contributed by atoms with Crippen molar-refractivity contribution in [2.75, 3.05) is 12.0 Å². The second kappa shape index (κ2) is 7.70. The molecule has 0 aromatic heterocycles. The number of nitrogens with zero attached hydrogens (tertiary/aromatic N) is 1. The van der Waals surface area contributed by atoms with Crippen LogP contribution < -0.4 is 10.2 Å². The van der Waals surface area contributed by atoms with Crippen LogP contribution in [0.25, 0.3) is 0 Å². The average molecular weight is 333 g/mol. The number of nitrogens with one attached hydrogen (secondary N) is 1. The summed E-state index contributed by atoms with van der Waals surface area (Å²) in [6.45, 7) is 2.78. The molecule has 3 nitrogen and oxygen atoms in total. The average Bonchev–Trinajstić information content (AvgIpc) is 2.48. The second-order valence-electron chi connectivity index (χ2n) is 4.27. The van der Waals surface area contributed by atoms with Crippen molar-refractivity contribution >= 4 is 27.8 Å². The van der Waals surface area contributed by atoms with E-state index in [-0.39, 0.29) is 0 Å². The predicted octanol–water partition coefficient (Wildman–Crippen LogP) is 4.68. The van der Waals surface area contributed by atoms with Crippen molar-refractivity contribution in [2.24, 2.45) is 5.10 Å². The van der Waals surface area contributed by atoms with Crippen LogP contribution in [0.2, 0.25) is 0 Å². The van der Waals surface area contributed by atoms with E-state index >= 15 is 0 Å². The van der Waals surface area contributed by atoms with E-state index in [9.17, 15) is 0 Å². The van der Waals surface area contributed by atoms with Crippen LogP contribution in [-0.2, 0) is 0 Å². The molecule has 0 saturated carbocycles. The summed E-state index contributed by atoms with van der Waals surface area (Å²) in [6.07, 6.45) is 2.75. The highest BCUT2D eigenvalue weighted by molar-refractivity contribution is 9.10. The largest absolute Gasteiger partial charge is 0.493 e. The number of hydrogen-bond acceptors (Lipinski definition) is 3. The number of hydrogen-bond donors (Lipinski definition) is 1. The van der Waals surface area contributed by atoms with E-state index < -0.39 is 0 Å². The topological polar surface area (TPSA) is 33.6 Å². The standard InChI is InChI=1S/C16H17BrN2O/c1-2-10-20-16-11-14(17)9-8-13(16)12-18-19-15-6-4-3-5-7-15/h3-9,11-12,19H,2,10H2,1H3. The molecule has 0 fully saturated rings. The van der Waals surface area contributed by atoms with Gasteiger partial charge in [-0.2, -0.15) is 5.10 Å². The van der Waals surface area contributed by atoms with Crippen molar-refractivity contribution in [1.82, 2.24) is 0 Å². The van der Waals surface area contributed by atoms with Crippen LogP contribution in [0, 0.1) is 0 Å². The van der Waals surface area contributed by atoms with Gasteiger partial charge in [-0.25, -0.2) is 0 Å². The number of anilines is 1. The lowest BCUT2D eigenvalue weighted by molar-refractivity contribution is 0.317. The van der Waals surface area contributed by atoms with Crippen molar-refractivity contribution in [3.05, 3.63) is 58.6 Å². The molecule has 0 radical (unpaired) electrons. The van der Waals surface area contributed by atoms with Gasteiger partial charge in [-0.05, 0) is 36.8 Å². The minimum Gasteiger partial charge on any atom is -0.493 e. The zero-order chi connectivity index (χ0) is 14.2. The molecule has 0 saturated heterocycles. The first-order valence-electron chi connectivity index (χ1n) is 6.56. The summed E-state index contributed by atoms with van der Waals surface area (Å²) in [5, 5.41) is 4.24. The summed E-state index contributed by atoms with van der Waals surface area (Å²) < 4.78 is 6.72. The van der Waals surface area contributed by atoms with Crippen molar-refractivity contribution in [2.45, 2.75) is 13.3 Å². The molecule has 0 bridgehead atoms. The van der Waals surface area contributed by atoms with E-state index in [1.54, 1.807) is 6.21 Å². The lowest BCUT2D eigenvalue weighted by Gasteiger charge is -2.08. The summed E-state index contributed by atoms with van der Waals surface area (Å²) >= 11 is 3.45. The van der Waals surface area contributed by atoms with Gasteiger partial charge < -0.3 is 4.74 Å². The van der Waals surface area contributed by atoms with Gasteiger partial charge in [0, 0.05) is 10.0 Å². The van der Waals surface area contributed by atoms with E-state index in [2.05, 4.69) is 33.4 Å². The third kappa shape index (κ3) is 4.38. The van der Waals surface area contributed by atoms with Crippen LogP contribution in [0.15, 0.2) is 58.1 Å². The summed E-state index contributed by atoms with van der Waals surface area (Å²) in [4.78, 5) is 0. The zero-order valence-electron chi connectivity index (χ0n) is 11.3. The Morgan fingerprint density at radius 1 is 1.20 bits per heavy atom. The molecule has 0 atom stereocenters. The lowest BCUT2D eigenvalue weighted by Crippen LogP contribution is -1.99. The van der Waals surface area contributed by atoms with E-state index in [1.807, 2.05) is 48.5 Å². The molecular formula is C16H17BrN2O. The van der Waals surface area contributed by atoms with Crippen LogP contribution >= 0.6 is 15.9 Å². The summed E-state index contributed by atoms with van der Waals surface area (Å²) in [6, 6.07) is 15.7.